The van der Waals surface area contributed by atoms with Crippen LogP contribution in [0.4, 0.5) is 0 Å². The molecule has 0 radical (unpaired) electrons. The van der Waals surface area contributed by atoms with Gasteiger partial charge in [-0.15, -0.1) is 11.3 Å². The molecule has 0 N–H and O–H groups in total. The number of amides is 1. The lowest BCUT2D eigenvalue weighted by Crippen LogP contribution is -2.20. The van der Waals surface area contributed by atoms with E-state index in [0.717, 1.165) is 31.7 Å². The second-order valence-corrected chi connectivity index (χ2v) is 9.82. The number of para-hydroxylation sites is 2. The Labute approximate surface area is 215 Å². The van der Waals surface area contributed by atoms with E-state index in [1.165, 1.54) is 11.3 Å². The molecule has 9 heteroatoms. The monoisotopic (exact) mass is 517 g/mol. The third kappa shape index (κ3) is 4.67. The number of nitrogens with zero attached hydrogens (tertiary/aromatic N) is 3. The summed E-state index contributed by atoms with van der Waals surface area (Å²) in [7, 11) is 1.60. The highest BCUT2D eigenvalue weighted by molar-refractivity contribution is 7.16. The van der Waals surface area contributed by atoms with Gasteiger partial charge in [0, 0.05) is 11.9 Å². The second kappa shape index (κ2) is 10.4. The number of pyridine rings is 1. The van der Waals surface area contributed by atoms with E-state index in [1.54, 1.807) is 31.4 Å². The molecule has 7 nitrogen and oxygen atoms in total. The summed E-state index contributed by atoms with van der Waals surface area (Å²) >= 11 is 2.95. The number of ether oxygens (including phenoxy) is 2. The van der Waals surface area contributed by atoms with E-state index >= 15 is 0 Å². The molecule has 3 aromatic heterocycles. The van der Waals surface area contributed by atoms with E-state index in [9.17, 15) is 9.59 Å². The number of aromatic nitrogens is 2. The minimum Gasteiger partial charge on any atom is -0.495 e. The zero-order chi connectivity index (χ0) is 25.1. The summed E-state index contributed by atoms with van der Waals surface area (Å²) in [6.07, 6.45) is 0.153. The molecule has 0 fully saturated rings. The second-order valence-electron chi connectivity index (χ2n) is 7.86. The van der Waals surface area contributed by atoms with Crippen LogP contribution in [0.5, 0.6) is 5.75 Å². The lowest BCUT2D eigenvalue weighted by atomic mass is 10.1. The van der Waals surface area contributed by atoms with E-state index in [1.807, 2.05) is 64.5 Å². The quantitative estimate of drug-likeness (QED) is 0.259. The van der Waals surface area contributed by atoms with E-state index in [4.69, 9.17) is 14.5 Å². The molecule has 0 unspecified atom stereocenters. The predicted octanol–water partition coefficient (Wildman–Crippen LogP) is 5.68. The number of thiophene rings is 1. The number of carbonyl (C=O) groups excluding carboxylic acids is 2. The van der Waals surface area contributed by atoms with Gasteiger partial charge in [-0.05, 0) is 42.6 Å². The molecule has 0 aliphatic heterocycles. The third-order valence-electron chi connectivity index (χ3n) is 5.65. The van der Waals surface area contributed by atoms with Gasteiger partial charge >= 0.3 is 5.97 Å². The minimum absolute atomic E-state index is 0.153. The molecule has 0 atom stereocenters. The Morgan fingerprint density at radius 3 is 2.72 bits per heavy atom. The van der Waals surface area contributed by atoms with Crippen LogP contribution < -0.4 is 9.54 Å². The highest BCUT2D eigenvalue weighted by Crippen LogP contribution is 2.29. The van der Waals surface area contributed by atoms with Crippen LogP contribution in [0, 0.1) is 0 Å². The van der Waals surface area contributed by atoms with E-state index < -0.39 is 0 Å². The molecule has 0 aliphatic rings. The van der Waals surface area contributed by atoms with Gasteiger partial charge < -0.3 is 14.0 Å². The number of hydrogen-bond acceptors (Lipinski definition) is 7. The van der Waals surface area contributed by atoms with Crippen molar-refractivity contribution in [2.75, 3.05) is 13.7 Å². The normalized spacial score (nSPS) is 11.8. The topological polar surface area (TPSA) is 82.8 Å². The van der Waals surface area contributed by atoms with E-state index in [0.29, 0.717) is 29.3 Å². The Hall–Kier alpha value is -3.82. The van der Waals surface area contributed by atoms with Gasteiger partial charge in [-0.3, -0.25) is 9.59 Å². The molecule has 2 aromatic carbocycles. The molecule has 182 valence electrons. The molecule has 5 rings (SSSR count). The van der Waals surface area contributed by atoms with Crippen molar-refractivity contribution in [3.8, 4) is 16.3 Å². The third-order valence-corrected chi connectivity index (χ3v) is 7.58. The van der Waals surface area contributed by atoms with Gasteiger partial charge in [-0.2, -0.15) is 4.99 Å². The fourth-order valence-corrected chi connectivity index (χ4v) is 5.80. The molecule has 0 spiro atoms. The van der Waals surface area contributed by atoms with Crippen LogP contribution in [0.3, 0.4) is 0 Å². The van der Waals surface area contributed by atoms with Crippen LogP contribution in [-0.2, 0) is 16.1 Å². The summed E-state index contributed by atoms with van der Waals surface area (Å²) < 4.78 is 13.5. The SMILES string of the molecule is CCOC(=O)CCn1c(=NC(=O)c2cc(-c3cccs3)nc3ccccc23)sc2cccc(OC)c21. The summed E-state index contributed by atoms with van der Waals surface area (Å²) in [6, 6.07) is 19.0. The molecular formula is C27H23N3O4S2. The lowest BCUT2D eigenvalue weighted by Gasteiger charge is -2.09. The zero-order valence-corrected chi connectivity index (χ0v) is 21.4. The molecule has 0 bridgehead atoms. The minimum atomic E-state index is -0.373. The van der Waals surface area contributed by atoms with Crippen molar-refractivity contribution in [3.63, 3.8) is 0 Å². The van der Waals surface area contributed by atoms with Crippen molar-refractivity contribution in [1.82, 2.24) is 9.55 Å². The number of esters is 1. The first-order valence-electron chi connectivity index (χ1n) is 11.4. The van der Waals surface area contributed by atoms with Crippen molar-refractivity contribution in [2.45, 2.75) is 19.9 Å². The average Bonchev–Trinajstić information content (AvgIpc) is 3.55. The lowest BCUT2D eigenvalue weighted by molar-refractivity contribution is -0.143. The molecule has 3 heterocycles. The van der Waals surface area contributed by atoms with Crippen LogP contribution in [0.2, 0.25) is 0 Å². The molecule has 0 aliphatic carbocycles. The van der Waals surface area contributed by atoms with Crippen LogP contribution in [0.15, 0.2) is 71.0 Å². The van der Waals surface area contributed by atoms with Crippen molar-refractivity contribution < 1.29 is 19.1 Å². The van der Waals surface area contributed by atoms with Gasteiger partial charge in [0.15, 0.2) is 4.80 Å². The summed E-state index contributed by atoms with van der Waals surface area (Å²) in [6.45, 7) is 2.40. The highest BCUT2D eigenvalue weighted by Gasteiger charge is 2.17. The molecule has 0 saturated heterocycles. The fraction of sp³-hybridized carbons (Fsp3) is 0.185. The zero-order valence-electron chi connectivity index (χ0n) is 19.8. The smallest absolute Gasteiger partial charge is 0.307 e. The van der Waals surface area contributed by atoms with E-state index in [-0.39, 0.29) is 18.3 Å². The molecule has 5 aromatic rings. The Bertz CT molecular complexity index is 1630. The number of thiazole rings is 1. The molecule has 1 amide bonds. The van der Waals surface area contributed by atoms with Crippen molar-refractivity contribution >= 4 is 55.7 Å². The maximum Gasteiger partial charge on any atom is 0.307 e. The van der Waals surface area contributed by atoms with Gasteiger partial charge in [0.05, 0.1) is 46.5 Å². The van der Waals surface area contributed by atoms with Crippen molar-refractivity contribution in [2.24, 2.45) is 4.99 Å². The summed E-state index contributed by atoms with van der Waals surface area (Å²) in [5, 5.41) is 2.72. The van der Waals surface area contributed by atoms with Crippen LogP contribution in [-0.4, -0.2) is 35.1 Å². The Morgan fingerprint density at radius 1 is 1.08 bits per heavy atom. The maximum absolute atomic E-state index is 13.7. The number of carbonyl (C=O) groups is 2. The Kier molecular flexibility index (Phi) is 6.92. The average molecular weight is 518 g/mol. The molecular weight excluding hydrogens is 494 g/mol. The highest BCUT2D eigenvalue weighted by atomic mass is 32.1. The maximum atomic E-state index is 13.7. The van der Waals surface area contributed by atoms with Gasteiger partial charge in [0.2, 0.25) is 0 Å². The van der Waals surface area contributed by atoms with Gasteiger partial charge in [0.25, 0.3) is 5.91 Å². The van der Waals surface area contributed by atoms with Crippen LogP contribution >= 0.6 is 22.7 Å². The summed E-state index contributed by atoms with van der Waals surface area (Å²) in [5.74, 6) is -0.0325. The number of methoxy groups -OCH3 is 1. The number of hydrogen-bond donors (Lipinski definition) is 0. The number of rotatable bonds is 7. The first-order valence-corrected chi connectivity index (χ1v) is 13.1. The van der Waals surface area contributed by atoms with Gasteiger partial charge in [-0.1, -0.05) is 41.7 Å². The number of aryl methyl sites for hydroxylation is 1. The summed E-state index contributed by atoms with van der Waals surface area (Å²) in [4.78, 5) is 36.5. The molecule has 0 saturated carbocycles. The predicted molar refractivity (Wildman–Crippen MR) is 143 cm³/mol. The van der Waals surface area contributed by atoms with Crippen molar-refractivity contribution in [3.05, 3.63) is 76.4 Å². The van der Waals surface area contributed by atoms with Crippen LogP contribution in [0.25, 0.3) is 31.7 Å². The first kappa shape index (κ1) is 23.9. The Balaban J connectivity index is 1.66. The van der Waals surface area contributed by atoms with Crippen molar-refractivity contribution in [1.29, 1.82) is 0 Å². The first-order chi connectivity index (χ1) is 17.6. The number of benzene rings is 2. The molecule has 36 heavy (non-hydrogen) atoms. The van der Waals surface area contributed by atoms with E-state index in [2.05, 4.69) is 4.99 Å². The standard InChI is InChI=1S/C27H23N3O4S2/c1-3-34-24(31)13-14-30-25-21(33-2)10-6-11-23(25)36-27(30)29-26(32)18-16-20(22-12-7-15-35-22)28-19-9-5-4-8-17(18)19/h4-12,15-16H,3,13-14H2,1-2H3. The largest absolute Gasteiger partial charge is 0.495 e. The number of fused-ring (bicyclic) bond motifs is 2. The summed E-state index contributed by atoms with van der Waals surface area (Å²) in [5.41, 5.74) is 2.73. The van der Waals surface area contributed by atoms with Gasteiger partial charge in [-0.25, -0.2) is 4.98 Å². The Morgan fingerprint density at radius 2 is 1.94 bits per heavy atom. The van der Waals surface area contributed by atoms with Crippen LogP contribution in [0.1, 0.15) is 23.7 Å². The fourth-order valence-electron chi connectivity index (χ4n) is 4.04. The van der Waals surface area contributed by atoms with Gasteiger partial charge in [0.1, 0.15) is 11.3 Å².